The summed E-state index contributed by atoms with van der Waals surface area (Å²) >= 11 is 0. The van der Waals surface area contributed by atoms with E-state index in [2.05, 4.69) is 63.1 Å². The topological polar surface area (TPSA) is 204 Å². The van der Waals surface area contributed by atoms with Crippen LogP contribution in [0.3, 0.4) is 0 Å². The van der Waals surface area contributed by atoms with Gasteiger partial charge in [0.2, 0.25) is 11.8 Å². The van der Waals surface area contributed by atoms with E-state index in [-0.39, 0.29) is 24.3 Å². The van der Waals surface area contributed by atoms with E-state index in [4.69, 9.17) is 24.2 Å². The van der Waals surface area contributed by atoms with Crippen LogP contribution in [0.15, 0.2) is 73.1 Å². The number of aromatic amines is 2. The summed E-state index contributed by atoms with van der Waals surface area (Å²) in [6.07, 6.45) is 1.83. The number of morpholine rings is 2. The van der Waals surface area contributed by atoms with Gasteiger partial charge in [-0.25, -0.2) is 19.6 Å². The van der Waals surface area contributed by atoms with E-state index in [1.165, 1.54) is 7.11 Å². The van der Waals surface area contributed by atoms with Crippen LogP contribution < -0.4 is 10.6 Å². The number of carbonyl (C=O) groups excluding carboxylic acids is 3. The highest BCUT2D eigenvalue weighted by Crippen LogP contribution is 2.32. The van der Waals surface area contributed by atoms with Crippen molar-refractivity contribution in [1.29, 1.82) is 0 Å². The molecule has 3 aromatic carbocycles. The minimum absolute atomic E-state index is 0.104. The molecule has 2 aliphatic heterocycles. The minimum atomic E-state index is -1.24. The van der Waals surface area contributed by atoms with Gasteiger partial charge in [0.25, 0.3) is 0 Å². The number of rotatable bonds is 11. The number of carbonyl (C=O) groups is 4. The quantitative estimate of drug-likeness (QED) is 0.109. The third-order valence-electron chi connectivity index (χ3n) is 11.2. The van der Waals surface area contributed by atoms with Crippen molar-refractivity contribution in [1.82, 2.24) is 40.4 Å². The fourth-order valence-electron chi connectivity index (χ4n) is 7.59. The third kappa shape index (κ3) is 8.93. The summed E-state index contributed by atoms with van der Waals surface area (Å²) in [7, 11) is 1.29. The van der Waals surface area contributed by atoms with Gasteiger partial charge in [-0.15, -0.1) is 0 Å². The molecule has 7 rings (SSSR count). The van der Waals surface area contributed by atoms with Gasteiger partial charge in [0.05, 0.1) is 50.8 Å². The van der Waals surface area contributed by atoms with Gasteiger partial charge >= 0.3 is 12.2 Å². The molecule has 0 bridgehead atoms. The second kappa shape index (κ2) is 17.7. The molecular weight excluding hydrogens is 757 g/mol. The first-order chi connectivity index (χ1) is 28.4. The lowest BCUT2D eigenvalue weighted by molar-refractivity contribution is -0.145. The molecule has 310 valence electrons. The van der Waals surface area contributed by atoms with Gasteiger partial charge in [0.15, 0.2) is 0 Å². The largest absolute Gasteiger partial charge is 0.465 e. The summed E-state index contributed by atoms with van der Waals surface area (Å²) in [6.45, 7) is 9.25. The Bertz CT molecular complexity index is 2310. The van der Waals surface area contributed by atoms with Crippen molar-refractivity contribution in [3.63, 3.8) is 0 Å². The van der Waals surface area contributed by atoms with Crippen molar-refractivity contribution in [3.8, 4) is 33.6 Å². The van der Waals surface area contributed by atoms with Gasteiger partial charge < -0.3 is 49.7 Å². The molecule has 0 radical (unpaired) electrons. The number of imidazole rings is 2. The molecule has 0 saturated carbocycles. The van der Waals surface area contributed by atoms with E-state index >= 15 is 0 Å². The van der Waals surface area contributed by atoms with E-state index in [0.29, 0.717) is 50.3 Å². The van der Waals surface area contributed by atoms with Gasteiger partial charge in [-0.05, 0) is 46.9 Å². The lowest BCUT2D eigenvalue weighted by Crippen LogP contribution is -2.54. The number of nitrogens with zero attached hydrogens (tertiary/aromatic N) is 4. The van der Waals surface area contributed by atoms with Gasteiger partial charge in [-0.2, -0.15) is 0 Å². The Labute approximate surface area is 341 Å². The third-order valence-corrected chi connectivity index (χ3v) is 11.2. The summed E-state index contributed by atoms with van der Waals surface area (Å²) in [5.41, 5.74) is 5.38. The first-order valence-corrected chi connectivity index (χ1v) is 19.8. The number of H-pyrrole nitrogens is 2. The van der Waals surface area contributed by atoms with Crippen LogP contribution >= 0.6 is 0 Å². The van der Waals surface area contributed by atoms with Crippen LogP contribution in [0, 0.1) is 11.8 Å². The lowest BCUT2D eigenvalue weighted by Gasteiger charge is -2.37. The number of aromatic nitrogens is 4. The van der Waals surface area contributed by atoms with Crippen LogP contribution in [0.4, 0.5) is 9.59 Å². The first kappa shape index (κ1) is 40.9. The second-order valence-electron chi connectivity index (χ2n) is 15.3. The molecule has 2 aliphatic rings. The molecule has 4 amide bonds. The molecule has 5 atom stereocenters. The average molecular weight is 807 g/mol. The van der Waals surface area contributed by atoms with Gasteiger partial charge in [-0.1, -0.05) is 69.3 Å². The minimum Gasteiger partial charge on any atom is -0.465 e. The Balaban J connectivity index is 1.03. The van der Waals surface area contributed by atoms with Crippen LogP contribution in [0.2, 0.25) is 0 Å². The van der Waals surface area contributed by atoms with Crippen molar-refractivity contribution in [2.45, 2.75) is 51.9 Å². The van der Waals surface area contributed by atoms with Crippen LogP contribution in [-0.4, -0.2) is 118 Å². The second-order valence-corrected chi connectivity index (χ2v) is 15.3. The SMILES string of the molecule is COC(=O)N[C@@H](C)[C@@H](C)C(=O)N1CCOCC1c1nc(-c2ccc3cc(-c4ccc(-c5c[nH]c([C@@H]6COCCN6C(=O)[C@@H](NC(=O)O)C(C)C)n5)cc4)ccc3c2)c[nH]1. The predicted molar refractivity (Wildman–Crippen MR) is 219 cm³/mol. The highest BCUT2D eigenvalue weighted by molar-refractivity contribution is 5.91. The Kier molecular flexibility index (Phi) is 12.3. The maximum atomic E-state index is 13.6. The van der Waals surface area contributed by atoms with Crippen molar-refractivity contribution in [3.05, 3.63) is 84.7 Å². The first-order valence-electron chi connectivity index (χ1n) is 19.8. The molecule has 59 heavy (non-hydrogen) atoms. The number of hydrogen-bond donors (Lipinski definition) is 5. The maximum Gasteiger partial charge on any atom is 0.407 e. The molecule has 5 N–H and O–H groups in total. The molecular formula is C43H50N8O8. The number of carboxylic acid groups (broad SMARTS) is 1. The number of nitrogens with one attached hydrogen (secondary N) is 4. The maximum absolute atomic E-state index is 13.6. The number of fused-ring (bicyclic) bond motifs is 1. The lowest BCUT2D eigenvalue weighted by atomic mass is 9.98. The van der Waals surface area contributed by atoms with Crippen molar-refractivity contribution in [2.75, 3.05) is 46.6 Å². The predicted octanol–water partition coefficient (Wildman–Crippen LogP) is 5.76. The highest BCUT2D eigenvalue weighted by atomic mass is 16.5. The van der Waals surface area contributed by atoms with Gasteiger partial charge in [0.1, 0.15) is 29.8 Å². The monoisotopic (exact) mass is 806 g/mol. The van der Waals surface area contributed by atoms with E-state index in [0.717, 1.165) is 38.7 Å². The summed E-state index contributed by atoms with van der Waals surface area (Å²) in [5.74, 6) is 0.0728. The normalized spacial score (nSPS) is 18.6. The van der Waals surface area contributed by atoms with Crippen LogP contribution in [0.5, 0.6) is 0 Å². The summed E-state index contributed by atoms with van der Waals surface area (Å²) < 4.78 is 16.2. The Morgan fingerprint density at radius 3 is 1.80 bits per heavy atom. The van der Waals surface area contributed by atoms with Crippen molar-refractivity contribution in [2.24, 2.45) is 11.8 Å². The smallest absolute Gasteiger partial charge is 0.407 e. The fraction of sp³-hybridized carbons (Fsp3) is 0.395. The zero-order chi connectivity index (χ0) is 41.8. The molecule has 2 fully saturated rings. The van der Waals surface area contributed by atoms with E-state index < -0.39 is 42.3 Å². The molecule has 16 heteroatoms. The number of ether oxygens (including phenoxy) is 3. The van der Waals surface area contributed by atoms with Crippen LogP contribution in [0.25, 0.3) is 44.4 Å². The Hall–Kier alpha value is -6.26. The molecule has 1 unspecified atom stereocenters. The van der Waals surface area contributed by atoms with E-state index in [9.17, 15) is 24.3 Å². The number of alkyl carbamates (subject to hydrolysis) is 1. The van der Waals surface area contributed by atoms with E-state index in [1.807, 2.05) is 38.2 Å². The molecule has 0 spiro atoms. The number of hydrogen-bond acceptors (Lipinski definition) is 9. The molecule has 4 heterocycles. The van der Waals surface area contributed by atoms with Crippen LogP contribution in [0.1, 0.15) is 51.4 Å². The molecule has 5 aromatic rings. The highest BCUT2D eigenvalue weighted by Gasteiger charge is 2.37. The molecule has 2 aromatic heterocycles. The van der Waals surface area contributed by atoms with Crippen molar-refractivity contribution >= 4 is 34.8 Å². The summed E-state index contributed by atoms with van der Waals surface area (Å²) in [5, 5.41) is 16.5. The Morgan fingerprint density at radius 2 is 1.24 bits per heavy atom. The molecule has 16 nitrogen and oxygen atoms in total. The van der Waals surface area contributed by atoms with Crippen molar-refractivity contribution < 1.29 is 38.5 Å². The number of benzene rings is 3. The van der Waals surface area contributed by atoms with Gasteiger partial charge in [0, 0.05) is 42.7 Å². The zero-order valence-corrected chi connectivity index (χ0v) is 33.7. The number of amides is 4. The molecule has 2 saturated heterocycles. The number of methoxy groups -OCH3 is 1. The van der Waals surface area contributed by atoms with E-state index in [1.54, 1.807) is 29.8 Å². The Morgan fingerprint density at radius 1 is 0.729 bits per heavy atom. The fourth-order valence-corrected chi connectivity index (χ4v) is 7.59. The summed E-state index contributed by atoms with van der Waals surface area (Å²) in [4.78, 5) is 69.9. The standard InChI is InChI=1S/C43H50N8O8/c1-24(2)37(49-42(54)55)41(53)51-15-17-59-23-36(51)39-44-20-33(47-39)28-8-6-27(7-9-28)29-10-11-31-19-32(13-12-30(31)18-29)34-21-45-38(48-34)35-22-58-16-14-50(35)40(52)25(3)26(4)46-43(56)57-5/h6-13,18-21,24-26,35-37,49H,14-17,22-23H2,1-5H3,(H,44,47)(H,45,48)(H,46,56)(H,54,55)/t25-,26+,35?,36+,37+/m1/s1. The average Bonchev–Trinajstić information content (AvgIpc) is 3.96. The molecule has 0 aliphatic carbocycles. The summed E-state index contributed by atoms with van der Waals surface area (Å²) in [6, 6.07) is 18.5. The zero-order valence-electron chi connectivity index (χ0n) is 33.7. The van der Waals surface area contributed by atoms with Crippen LogP contribution in [-0.2, 0) is 23.8 Å². The van der Waals surface area contributed by atoms with Gasteiger partial charge in [-0.3, -0.25) is 9.59 Å².